The third-order valence-corrected chi connectivity index (χ3v) is 14.4. The van der Waals surface area contributed by atoms with Gasteiger partial charge < -0.3 is 0 Å². The molecule has 0 heterocycles. The topological polar surface area (TPSA) is 0 Å². The molecule has 2 aliphatic carbocycles. The Morgan fingerprint density at radius 3 is 1.16 bits per heavy atom. The molecule has 0 nitrogen and oxygen atoms in total. The van der Waals surface area contributed by atoms with Gasteiger partial charge in [0.15, 0.2) is 0 Å². The Bertz CT molecular complexity index is 3790. The molecule has 12 aromatic carbocycles. The van der Waals surface area contributed by atoms with Crippen molar-refractivity contribution >= 4 is 53.9 Å². The van der Waals surface area contributed by atoms with Gasteiger partial charge in [0.2, 0.25) is 0 Å². The van der Waals surface area contributed by atoms with Crippen LogP contribution in [0, 0.1) is 0 Å². The second-order valence-corrected chi connectivity index (χ2v) is 17.4. The van der Waals surface area contributed by atoms with Crippen molar-refractivity contribution < 1.29 is 0 Å². The molecule has 0 unspecified atom stereocenters. The largest absolute Gasteiger partial charge is 0.0737 e. The highest BCUT2D eigenvalue weighted by atomic mass is 14.5. The number of hydrogen-bond acceptors (Lipinski definition) is 0. The molecule has 63 heavy (non-hydrogen) atoms. The van der Waals surface area contributed by atoms with Crippen LogP contribution in [0.2, 0.25) is 0 Å². The summed E-state index contributed by atoms with van der Waals surface area (Å²) in [7, 11) is 0. The minimum Gasteiger partial charge on any atom is -0.0622 e. The molecule has 12 aromatic rings. The van der Waals surface area contributed by atoms with E-state index in [9.17, 15) is 0 Å². The molecular formula is C63H38. The fourth-order valence-corrected chi connectivity index (χ4v) is 12.1. The Kier molecular flexibility index (Phi) is 7.13. The van der Waals surface area contributed by atoms with Crippen molar-refractivity contribution in [3.05, 3.63) is 253 Å². The van der Waals surface area contributed by atoms with Crippen molar-refractivity contribution in [2.45, 2.75) is 5.41 Å². The highest BCUT2D eigenvalue weighted by Gasteiger charge is 2.54. The molecule has 0 amide bonds. The average molecular weight is 795 g/mol. The minimum atomic E-state index is -0.528. The third kappa shape index (κ3) is 4.54. The lowest BCUT2D eigenvalue weighted by Gasteiger charge is -2.33. The fourth-order valence-electron chi connectivity index (χ4n) is 12.1. The quantitative estimate of drug-likeness (QED) is 0.123. The van der Waals surface area contributed by atoms with Crippen molar-refractivity contribution in [2.75, 3.05) is 0 Å². The highest BCUT2D eigenvalue weighted by molar-refractivity contribution is 6.27. The van der Waals surface area contributed by atoms with Crippen LogP contribution in [0.25, 0.3) is 109 Å². The second kappa shape index (κ2) is 13.0. The van der Waals surface area contributed by atoms with Gasteiger partial charge in [0.05, 0.1) is 5.41 Å². The van der Waals surface area contributed by atoms with Crippen LogP contribution >= 0.6 is 0 Å². The van der Waals surface area contributed by atoms with Crippen LogP contribution in [-0.4, -0.2) is 0 Å². The predicted molar refractivity (Wildman–Crippen MR) is 267 cm³/mol. The van der Waals surface area contributed by atoms with Gasteiger partial charge in [-0.2, -0.15) is 0 Å². The lowest BCUT2D eigenvalue weighted by molar-refractivity contribution is 0.809. The molecule has 0 N–H and O–H groups in total. The van der Waals surface area contributed by atoms with Crippen LogP contribution < -0.4 is 0 Å². The Hall–Kier alpha value is -8.06. The minimum absolute atomic E-state index is 0.528. The highest BCUT2D eigenvalue weighted by Crippen LogP contribution is 2.67. The summed E-state index contributed by atoms with van der Waals surface area (Å²) in [6.07, 6.45) is 0. The molecule has 0 aromatic heterocycles. The van der Waals surface area contributed by atoms with Gasteiger partial charge in [-0.05, 0) is 138 Å². The Morgan fingerprint density at radius 1 is 0.206 bits per heavy atom. The molecular weight excluding hydrogens is 757 g/mol. The van der Waals surface area contributed by atoms with E-state index >= 15 is 0 Å². The first-order chi connectivity index (χ1) is 31.3. The molecule has 1 spiro atoms. The summed E-state index contributed by atoms with van der Waals surface area (Å²) in [5, 5.41) is 12.8. The zero-order valence-electron chi connectivity index (χ0n) is 34.4. The summed E-state index contributed by atoms with van der Waals surface area (Å²) in [5.41, 5.74) is 17.8. The van der Waals surface area contributed by atoms with Gasteiger partial charge in [0, 0.05) is 0 Å². The standard InChI is InChI=1S/C63H38/c1-2-18-39(19-3-1)40-34-36-41(37-35-40)58-48-26-8-10-28-50(48)59(51-29-11-9-27-49(51)58)54-38-55-60-47-25-7-4-20-42(47)43-21-5-13-31-53(43)62(60)63(61(55)52-30-12-6-22-44(52)54)56-32-16-14-23-45(56)46-24-15-17-33-57(46)63/h1-38H. The summed E-state index contributed by atoms with van der Waals surface area (Å²) in [6, 6.07) is 86.6. The summed E-state index contributed by atoms with van der Waals surface area (Å²) in [5.74, 6) is 0. The van der Waals surface area contributed by atoms with Gasteiger partial charge in [-0.1, -0.05) is 224 Å². The maximum absolute atomic E-state index is 2.60. The molecule has 0 aliphatic heterocycles. The first kappa shape index (κ1) is 34.6. The Balaban J connectivity index is 1.15. The number of rotatable bonds is 3. The molecule has 0 saturated heterocycles. The van der Waals surface area contributed by atoms with Crippen LogP contribution in [0.5, 0.6) is 0 Å². The first-order valence-electron chi connectivity index (χ1n) is 22.1. The molecule has 290 valence electrons. The molecule has 2 aliphatic rings. The second-order valence-electron chi connectivity index (χ2n) is 17.4. The van der Waals surface area contributed by atoms with Gasteiger partial charge in [0.25, 0.3) is 0 Å². The van der Waals surface area contributed by atoms with Gasteiger partial charge in [-0.15, -0.1) is 0 Å². The van der Waals surface area contributed by atoms with Crippen LogP contribution in [0.15, 0.2) is 231 Å². The Labute approximate surface area is 366 Å². The normalized spacial score (nSPS) is 13.2. The van der Waals surface area contributed by atoms with Crippen LogP contribution in [0.4, 0.5) is 0 Å². The van der Waals surface area contributed by atoms with Crippen molar-refractivity contribution in [1.29, 1.82) is 0 Å². The maximum Gasteiger partial charge on any atom is 0.0737 e. The smallest absolute Gasteiger partial charge is 0.0622 e. The lowest BCUT2D eigenvalue weighted by Crippen LogP contribution is -2.26. The van der Waals surface area contributed by atoms with E-state index in [1.807, 2.05) is 0 Å². The van der Waals surface area contributed by atoms with E-state index in [0.717, 1.165) is 0 Å². The van der Waals surface area contributed by atoms with Gasteiger partial charge in [-0.3, -0.25) is 0 Å². The summed E-state index contributed by atoms with van der Waals surface area (Å²) in [4.78, 5) is 0. The maximum atomic E-state index is 2.60. The van der Waals surface area contributed by atoms with Crippen LogP contribution in [0.1, 0.15) is 22.3 Å². The molecule has 0 saturated carbocycles. The van der Waals surface area contributed by atoms with Gasteiger partial charge in [-0.25, -0.2) is 0 Å². The van der Waals surface area contributed by atoms with Gasteiger partial charge >= 0.3 is 0 Å². The van der Waals surface area contributed by atoms with E-state index in [2.05, 4.69) is 231 Å². The van der Waals surface area contributed by atoms with E-state index in [4.69, 9.17) is 0 Å². The molecule has 0 heteroatoms. The van der Waals surface area contributed by atoms with E-state index < -0.39 is 5.41 Å². The lowest BCUT2D eigenvalue weighted by atomic mass is 9.68. The van der Waals surface area contributed by atoms with E-state index in [1.165, 1.54) is 132 Å². The first-order valence-corrected chi connectivity index (χ1v) is 22.1. The molecule has 0 fully saturated rings. The molecule has 0 bridgehead atoms. The number of benzene rings is 12. The number of fused-ring (bicyclic) bond motifs is 19. The third-order valence-electron chi connectivity index (χ3n) is 14.4. The molecule has 0 atom stereocenters. The van der Waals surface area contributed by atoms with Crippen molar-refractivity contribution in [2.24, 2.45) is 0 Å². The zero-order valence-corrected chi connectivity index (χ0v) is 34.4. The SMILES string of the molecule is c1ccc(-c2ccc(-c3c4ccccc4c(-c4cc5c(c6ccccc46)C4(c6ccccc6-c6ccccc64)c4c-5c5ccccc5c5ccccc45)c4ccccc34)cc2)cc1. The van der Waals surface area contributed by atoms with Gasteiger partial charge in [0.1, 0.15) is 0 Å². The van der Waals surface area contributed by atoms with E-state index in [1.54, 1.807) is 0 Å². The van der Waals surface area contributed by atoms with E-state index in [0.29, 0.717) is 0 Å². The predicted octanol–water partition coefficient (Wildman–Crippen LogP) is 16.8. The number of hydrogen-bond donors (Lipinski definition) is 0. The summed E-state index contributed by atoms with van der Waals surface area (Å²) in [6.45, 7) is 0. The van der Waals surface area contributed by atoms with Crippen molar-refractivity contribution in [3.63, 3.8) is 0 Å². The van der Waals surface area contributed by atoms with Crippen molar-refractivity contribution in [1.82, 2.24) is 0 Å². The Morgan fingerprint density at radius 2 is 0.587 bits per heavy atom. The van der Waals surface area contributed by atoms with Crippen molar-refractivity contribution in [3.8, 4) is 55.6 Å². The summed E-state index contributed by atoms with van der Waals surface area (Å²) < 4.78 is 0. The fraction of sp³-hybridized carbons (Fsp3) is 0.0159. The molecule has 14 rings (SSSR count). The zero-order chi connectivity index (χ0) is 41.2. The van der Waals surface area contributed by atoms with Crippen LogP contribution in [-0.2, 0) is 5.41 Å². The summed E-state index contributed by atoms with van der Waals surface area (Å²) >= 11 is 0. The van der Waals surface area contributed by atoms with Crippen LogP contribution in [0.3, 0.4) is 0 Å². The van der Waals surface area contributed by atoms with E-state index in [-0.39, 0.29) is 0 Å². The molecule has 0 radical (unpaired) electrons. The average Bonchev–Trinajstić information content (AvgIpc) is 3.84. The monoisotopic (exact) mass is 794 g/mol.